The summed E-state index contributed by atoms with van der Waals surface area (Å²) >= 11 is 0. The molecule has 0 saturated carbocycles. The number of carbonyl (C=O) groups is 1. The number of hydrogen-bond donors (Lipinski definition) is 2. The lowest BCUT2D eigenvalue weighted by molar-refractivity contribution is -0.704. The zero-order valence-corrected chi connectivity index (χ0v) is 16.6. The second kappa shape index (κ2) is 9.20. The van der Waals surface area contributed by atoms with Crippen LogP contribution in [0.4, 0.5) is 5.69 Å². The number of quaternary nitrogens is 1. The molecule has 144 valence electrons. The molecule has 4 nitrogen and oxygen atoms in total. The first-order valence-electron chi connectivity index (χ1n) is 9.48. The smallest absolute Gasteiger partial charge is 0.282 e. The van der Waals surface area contributed by atoms with Gasteiger partial charge >= 0.3 is 0 Å². The molecular weight excluding hydrogens is 348 g/mol. The minimum Gasteiger partial charge on any atom is -0.497 e. The molecule has 0 fully saturated rings. The van der Waals surface area contributed by atoms with Gasteiger partial charge in [-0.1, -0.05) is 66.2 Å². The molecular formula is C24H27N2O2+. The van der Waals surface area contributed by atoms with Gasteiger partial charge in [-0.3, -0.25) is 4.79 Å². The van der Waals surface area contributed by atoms with Crippen molar-refractivity contribution in [3.63, 3.8) is 0 Å². The number of amides is 1. The molecule has 1 amide bonds. The van der Waals surface area contributed by atoms with E-state index in [4.69, 9.17) is 4.74 Å². The van der Waals surface area contributed by atoms with E-state index in [0.29, 0.717) is 0 Å². The third-order valence-electron chi connectivity index (χ3n) is 4.83. The molecule has 2 atom stereocenters. The molecule has 0 saturated heterocycles. The van der Waals surface area contributed by atoms with Gasteiger partial charge in [0.05, 0.1) is 7.11 Å². The molecule has 28 heavy (non-hydrogen) atoms. The first-order valence-corrected chi connectivity index (χ1v) is 9.48. The first-order chi connectivity index (χ1) is 13.6. The number of anilines is 1. The summed E-state index contributed by atoms with van der Waals surface area (Å²) in [5.74, 6) is 0.678. The van der Waals surface area contributed by atoms with Gasteiger partial charge in [0, 0.05) is 22.9 Å². The minimum atomic E-state index is -0.266. The first kappa shape index (κ1) is 19.6. The lowest BCUT2D eigenvalue weighted by Gasteiger charge is -2.21. The fourth-order valence-electron chi connectivity index (χ4n) is 3.18. The van der Waals surface area contributed by atoms with Gasteiger partial charge in [-0.15, -0.1) is 0 Å². The Bertz CT molecular complexity index is 907. The van der Waals surface area contributed by atoms with Crippen LogP contribution in [0.25, 0.3) is 0 Å². The Morgan fingerprint density at radius 3 is 2.29 bits per heavy atom. The number of methoxy groups -OCH3 is 1. The van der Waals surface area contributed by atoms with Gasteiger partial charge < -0.3 is 15.4 Å². The van der Waals surface area contributed by atoms with E-state index in [2.05, 4.69) is 54.0 Å². The Hall–Kier alpha value is -3.11. The molecule has 0 aliphatic carbocycles. The van der Waals surface area contributed by atoms with Gasteiger partial charge in [0.1, 0.15) is 11.8 Å². The highest BCUT2D eigenvalue weighted by atomic mass is 16.5. The van der Waals surface area contributed by atoms with E-state index in [-0.39, 0.29) is 18.0 Å². The molecule has 4 heteroatoms. The van der Waals surface area contributed by atoms with Crippen LogP contribution in [0.3, 0.4) is 0 Å². The number of rotatable bonds is 7. The lowest BCUT2D eigenvalue weighted by atomic mass is 9.97. The van der Waals surface area contributed by atoms with Crippen LogP contribution >= 0.6 is 0 Å². The van der Waals surface area contributed by atoms with E-state index in [0.717, 1.165) is 11.4 Å². The number of nitrogens with one attached hydrogen (secondary N) is 1. The molecule has 0 aromatic heterocycles. The van der Waals surface area contributed by atoms with E-state index in [1.165, 1.54) is 16.7 Å². The average Bonchev–Trinajstić information content (AvgIpc) is 2.73. The largest absolute Gasteiger partial charge is 0.497 e. The van der Waals surface area contributed by atoms with Gasteiger partial charge in [-0.2, -0.15) is 0 Å². The van der Waals surface area contributed by atoms with Crippen molar-refractivity contribution < 1.29 is 14.8 Å². The van der Waals surface area contributed by atoms with Crippen molar-refractivity contribution in [2.24, 2.45) is 0 Å². The zero-order valence-electron chi connectivity index (χ0n) is 16.6. The Kier molecular flexibility index (Phi) is 6.45. The van der Waals surface area contributed by atoms with Gasteiger partial charge in [-0.05, 0) is 26.0 Å². The van der Waals surface area contributed by atoms with E-state index in [1.54, 1.807) is 7.11 Å². The topological polar surface area (TPSA) is 54.9 Å². The molecule has 3 aromatic carbocycles. The molecule has 3 aromatic rings. The highest BCUT2D eigenvalue weighted by molar-refractivity contribution is 5.93. The van der Waals surface area contributed by atoms with Crippen LogP contribution in [-0.2, 0) is 4.79 Å². The van der Waals surface area contributed by atoms with Gasteiger partial charge in [0.25, 0.3) is 5.91 Å². The summed E-state index contributed by atoms with van der Waals surface area (Å²) in [6, 6.07) is 26.0. The molecule has 0 spiro atoms. The maximum absolute atomic E-state index is 12.8. The number of aryl methyl sites for hydroxylation is 1. The van der Waals surface area contributed by atoms with Crippen LogP contribution in [0.1, 0.15) is 29.7 Å². The Balaban J connectivity index is 1.77. The normalized spacial score (nSPS) is 12.8. The quantitative estimate of drug-likeness (QED) is 0.662. The summed E-state index contributed by atoms with van der Waals surface area (Å²) in [5.41, 5.74) is 4.31. The molecule has 0 bridgehead atoms. The summed E-state index contributed by atoms with van der Waals surface area (Å²) < 4.78 is 5.23. The minimum absolute atomic E-state index is 0.0405. The van der Waals surface area contributed by atoms with Gasteiger partial charge in [-0.25, -0.2) is 0 Å². The highest BCUT2D eigenvalue weighted by Gasteiger charge is 2.24. The summed E-state index contributed by atoms with van der Waals surface area (Å²) in [6.07, 6.45) is 0. The lowest BCUT2D eigenvalue weighted by Crippen LogP contribution is -2.92. The van der Waals surface area contributed by atoms with E-state index >= 15 is 0 Å². The Morgan fingerprint density at radius 2 is 1.61 bits per heavy atom. The predicted octanol–water partition coefficient (Wildman–Crippen LogP) is 3.68. The number of carbonyl (C=O) groups excluding carboxylic acids is 1. The standard InChI is InChI=1S/C24H26N2O2/c1-17-12-14-20(15-13-17)23(19-8-5-4-6-9-19)25-18(2)24(27)26-21-10-7-11-22(16-21)28-3/h4-16,18,23,25H,1-3H3,(H,26,27)/p+1/t18-,23+/m1/s1. The summed E-state index contributed by atoms with van der Waals surface area (Å²) in [4.78, 5) is 12.8. The Morgan fingerprint density at radius 1 is 0.929 bits per heavy atom. The van der Waals surface area contributed by atoms with E-state index in [1.807, 2.05) is 49.4 Å². The third kappa shape index (κ3) is 4.99. The average molecular weight is 375 g/mol. The van der Waals surface area contributed by atoms with Crippen LogP contribution < -0.4 is 15.4 Å². The van der Waals surface area contributed by atoms with Crippen molar-refractivity contribution in [1.82, 2.24) is 0 Å². The number of nitrogens with two attached hydrogens (primary N) is 1. The van der Waals surface area contributed by atoms with Crippen molar-refractivity contribution in [3.05, 3.63) is 95.6 Å². The number of ether oxygens (including phenoxy) is 1. The molecule has 3 N–H and O–H groups in total. The second-order valence-corrected chi connectivity index (χ2v) is 7.00. The summed E-state index contributed by atoms with van der Waals surface area (Å²) in [6.45, 7) is 4.01. The van der Waals surface area contributed by atoms with Crippen molar-refractivity contribution in [3.8, 4) is 5.75 Å². The van der Waals surface area contributed by atoms with Crippen molar-refractivity contribution in [2.45, 2.75) is 25.9 Å². The highest BCUT2D eigenvalue weighted by Crippen LogP contribution is 2.20. The van der Waals surface area contributed by atoms with Crippen molar-refractivity contribution in [2.75, 3.05) is 12.4 Å². The number of hydrogen-bond acceptors (Lipinski definition) is 2. The van der Waals surface area contributed by atoms with E-state index in [9.17, 15) is 4.79 Å². The second-order valence-electron chi connectivity index (χ2n) is 7.00. The SMILES string of the molecule is COc1cccc(NC(=O)[C@@H](C)[NH2+][C@@H](c2ccccc2)c2ccc(C)cc2)c1. The van der Waals surface area contributed by atoms with Crippen LogP contribution in [0.5, 0.6) is 5.75 Å². The zero-order chi connectivity index (χ0) is 19.9. The molecule has 0 radical (unpaired) electrons. The Labute approximate surface area is 166 Å². The maximum atomic E-state index is 12.8. The van der Waals surface area contributed by atoms with Crippen LogP contribution in [0, 0.1) is 6.92 Å². The molecule has 0 unspecified atom stereocenters. The van der Waals surface area contributed by atoms with E-state index < -0.39 is 0 Å². The van der Waals surface area contributed by atoms with Crippen LogP contribution in [0.2, 0.25) is 0 Å². The van der Waals surface area contributed by atoms with Crippen molar-refractivity contribution >= 4 is 11.6 Å². The fraction of sp³-hybridized carbons (Fsp3) is 0.208. The third-order valence-corrected chi connectivity index (χ3v) is 4.83. The maximum Gasteiger partial charge on any atom is 0.282 e. The fourth-order valence-corrected chi connectivity index (χ4v) is 3.18. The monoisotopic (exact) mass is 375 g/mol. The van der Waals surface area contributed by atoms with Gasteiger partial charge in [0.2, 0.25) is 0 Å². The predicted molar refractivity (Wildman–Crippen MR) is 112 cm³/mol. The van der Waals surface area contributed by atoms with Gasteiger partial charge in [0.15, 0.2) is 6.04 Å². The number of benzene rings is 3. The summed E-state index contributed by atoms with van der Waals surface area (Å²) in [5, 5.41) is 5.09. The molecule has 0 heterocycles. The molecule has 3 rings (SSSR count). The molecule has 0 aliphatic heterocycles. The van der Waals surface area contributed by atoms with Crippen LogP contribution in [-0.4, -0.2) is 19.1 Å². The molecule has 0 aliphatic rings. The van der Waals surface area contributed by atoms with Crippen LogP contribution in [0.15, 0.2) is 78.9 Å². The summed E-state index contributed by atoms with van der Waals surface area (Å²) in [7, 11) is 1.61. The van der Waals surface area contributed by atoms with Crippen molar-refractivity contribution in [1.29, 1.82) is 0 Å².